The summed E-state index contributed by atoms with van der Waals surface area (Å²) in [6, 6.07) is 0. The van der Waals surface area contributed by atoms with Crippen molar-refractivity contribution >= 4 is 8.32 Å². The quantitative estimate of drug-likeness (QED) is 0.179. The molecule has 2 rings (SSSR count). The highest BCUT2D eigenvalue weighted by molar-refractivity contribution is 6.74. The lowest BCUT2D eigenvalue weighted by Gasteiger charge is -2.41. The van der Waals surface area contributed by atoms with Crippen LogP contribution in [0.1, 0.15) is 124 Å². The van der Waals surface area contributed by atoms with Crippen LogP contribution < -0.4 is 0 Å². The summed E-state index contributed by atoms with van der Waals surface area (Å²) >= 11 is 0. The minimum absolute atomic E-state index is 0.00331. The van der Waals surface area contributed by atoms with E-state index >= 15 is 0 Å². The first-order valence-electron chi connectivity index (χ1n) is 14.3. The average Bonchev–Trinajstić information content (AvgIpc) is 3.42. The summed E-state index contributed by atoms with van der Waals surface area (Å²) in [5, 5.41) is 9.62. The Morgan fingerprint density at radius 3 is 1.91 bits per heavy atom. The molecule has 33 heavy (non-hydrogen) atoms. The minimum Gasteiger partial charge on any atom is -0.411 e. The van der Waals surface area contributed by atoms with Crippen LogP contribution in [0.25, 0.3) is 0 Å². The Bertz CT molecular complexity index is 519. The van der Waals surface area contributed by atoms with Crippen molar-refractivity contribution in [3.8, 4) is 0 Å². The molecular weight excluding hydrogens is 428 g/mol. The third kappa shape index (κ3) is 9.91. The first kappa shape index (κ1) is 29.3. The second-order valence-corrected chi connectivity index (χ2v) is 17.0. The van der Waals surface area contributed by atoms with E-state index in [2.05, 4.69) is 40.8 Å². The maximum atomic E-state index is 9.41. The van der Waals surface area contributed by atoms with Gasteiger partial charge in [0.2, 0.25) is 0 Å². The Morgan fingerprint density at radius 1 is 0.818 bits per heavy atom. The lowest BCUT2D eigenvalue weighted by Crippen LogP contribution is -2.47. The molecule has 2 saturated heterocycles. The predicted octanol–water partition coefficient (Wildman–Crippen LogP) is 7.78. The number of rotatable bonds is 16. The van der Waals surface area contributed by atoms with Gasteiger partial charge in [-0.15, -0.1) is 0 Å². The van der Waals surface area contributed by atoms with E-state index in [0.717, 1.165) is 32.1 Å². The Kier molecular flexibility index (Phi) is 12.9. The van der Waals surface area contributed by atoms with Gasteiger partial charge < -0.3 is 19.0 Å². The molecule has 2 heterocycles. The van der Waals surface area contributed by atoms with E-state index in [4.69, 9.17) is 13.9 Å². The zero-order valence-corrected chi connectivity index (χ0v) is 23.9. The van der Waals surface area contributed by atoms with Crippen molar-refractivity contribution in [1.29, 1.82) is 0 Å². The normalized spacial score (nSPS) is 27.4. The molecule has 0 aliphatic carbocycles. The van der Waals surface area contributed by atoms with Gasteiger partial charge in [0.25, 0.3) is 0 Å². The molecule has 2 aliphatic rings. The highest BCUT2D eigenvalue weighted by Crippen LogP contribution is 2.40. The molecule has 5 atom stereocenters. The minimum atomic E-state index is -1.85. The molecule has 2 fully saturated rings. The molecule has 5 heteroatoms. The monoisotopic (exact) mass is 484 g/mol. The second-order valence-electron chi connectivity index (χ2n) is 12.2. The molecule has 196 valence electrons. The zero-order chi connectivity index (χ0) is 24.3. The third-order valence-corrected chi connectivity index (χ3v) is 12.9. The Morgan fingerprint density at radius 2 is 1.36 bits per heavy atom. The van der Waals surface area contributed by atoms with E-state index in [1.165, 1.54) is 64.2 Å². The van der Waals surface area contributed by atoms with Crippen LogP contribution in [0.5, 0.6) is 0 Å². The highest BCUT2D eigenvalue weighted by atomic mass is 28.4. The third-order valence-electron chi connectivity index (χ3n) is 8.35. The van der Waals surface area contributed by atoms with E-state index < -0.39 is 8.32 Å². The molecule has 1 N–H and O–H groups in total. The van der Waals surface area contributed by atoms with Crippen LogP contribution in [0.15, 0.2) is 0 Å². The van der Waals surface area contributed by atoms with Crippen LogP contribution in [0.2, 0.25) is 18.1 Å². The predicted molar refractivity (Wildman–Crippen MR) is 141 cm³/mol. The lowest BCUT2D eigenvalue weighted by atomic mass is 10.0. The Labute approximate surface area is 206 Å². The molecule has 0 aromatic heterocycles. The molecule has 2 aliphatic heterocycles. The summed E-state index contributed by atoms with van der Waals surface area (Å²) in [7, 11) is -1.85. The largest absolute Gasteiger partial charge is 0.411 e. The van der Waals surface area contributed by atoms with Crippen molar-refractivity contribution in [2.24, 2.45) is 0 Å². The average molecular weight is 485 g/mol. The van der Waals surface area contributed by atoms with Gasteiger partial charge in [-0.2, -0.15) is 0 Å². The van der Waals surface area contributed by atoms with Gasteiger partial charge in [0, 0.05) is 0 Å². The maximum Gasteiger partial charge on any atom is 0.192 e. The molecule has 0 spiro atoms. The molecule has 0 radical (unpaired) electrons. The Hall–Kier alpha value is 0.0569. The van der Waals surface area contributed by atoms with Gasteiger partial charge in [0.05, 0.1) is 37.1 Å². The number of hydrogen-bond donors (Lipinski definition) is 1. The smallest absolute Gasteiger partial charge is 0.192 e. The summed E-state index contributed by atoms with van der Waals surface area (Å²) in [6.07, 6.45) is 19.6. The standard InChI is InChI=1S/C28H56O4Si/c1-7-8-9-10-11-12-13-14-15-16-17-27(32-33(5,6)28(2,3)4)26-21-20-25(31-26)24-19-18-23(22-29)30-24/h23-27,29H,7-22H2,1-6H3/t23-,24+,25+,26+,27-/m0/s1. The first-order chi connectivity index (χ1) is 15.7. The van der Waals surface area contributed by atoms with E-state index in [9.17, 15) is 5.11 Å². The van der Waals surface area contributed by atoms with Crippen molar-refractivity contribution < 1.29 is 19.0 Å². The van der Waals surface area contributed by atoms with Crippen molar-refractivity contribution in [2.75, 3.05) is 6.61 Å². The summed E-state index contributed by atoms with van der Waals surface area (Å²) in [5.74, 6) is 0. The fraction of sp³-hybridized carbons (Fsp3) is 1.00. The topological polar surface area (TPSA) is 47.9 Å². The van der Waals surface area contributed by atoms with E-state index in [0.29, 0.717) is 0 Å². The molecule has 0 unspecified atom stereocenters. The molecule has 0 aromatic rings. The highest BCUT2D eigenvalue weighted by Gasteiger charge is 2.44. The van der Waals surface area contributed by atoms with Crippen molar-refractivity contribution in [3.63, 3.8) is 0 Å². The van der Waals surface area contributed by atoms with Gasteiger partial charge in [0.15, 0.2) is 8.32 Å². The van der Waals surface area contributed by atoms with Crippen LogP contribution in [-0.2, 0) is 13.9 Å². The number of aliphatic hydroxyl groups excluding tert-OH is 1. The number of unbranched alkanes of at least 4 members (excludes halogenated alkanes) is 9. The van der Waals surface area contributed by atoms with Gasteiger partial charge in [-0.3, -0.25) is 0 Å². The molecule has 0 saturated carbocycles. The fourth-order valence-electron chi connectivity index (χ4n) is 5.09. The zero-order valence-electron chi connectivity index (χ0n) is 22.9. The van der Waals surface area contributed by atoms with Crippen molar-refractivity contribution in [1.82, 2.24) is 0 Å². The number of aliphatic hydroxyl groups is 1. The van der Waals surface area contributed by atoms with E-state index in [1.807, 2.05) is 0 Å². The van der Waals surface area contributed by atoms with Gasteiger partial charge in [-0.25, -0.2) is 0 Å². The molecule has 0 bridgehead atoms. The lowest BCUT2D eigenvalue weighted by molar-refractivity contribution is -0.0958. The van der Waals surface area contributed by atoms with Gasteiger partial charge >= 0.3 is 0 Å². The first-order valence-corrected chi connectivity index (χ1v) is 17.2. The number of hydrogen-bond acceptors (Lipinski definition) is 4. The second kappa shape index (κ2) is 14.6. The summed E-state index contributed by atoms with van der Waals surface area (Å²) < 4.78 is 19.6. The molecule has 0 amide bonds. The summed E-state index contributed by atoms with van der Waals surface area (Å²) in [5.41, 5.74) is 0. The summed E-state index contributed by atoms with van der Waals surface area (Å²) in [4.78, 5) is 0. The molecular formula is C28H56O4Si. The van der Waals surface area contributed by atoms with Crippen LogP contribution >= 0.6 is 0 Å². The molecule has 4 nitrogen and oxygen atoms in total. The number of ether oxygens (including phenoxy) is 2. The summed E-state index contributed by atoms with van der Waals surface area (Å²) in [6.45, 7) is 14.1. The van der Waals surface area contributed by atoms with E-state index in [-0.39, 0.29) is 42.2 Å². The van der Waals surface area contributed by atoms with Crippen LogP contribution in [0, 0.1) is 0 Å². The van der Waals surface area contributed by atoms with Crippen LogP contribution in [0.3, 0.4) is 0 Å². The van der Waals surface area contributed by atoms with E-state index in [1.54, 1.807) is 0 Å². The van der Waals surface area contributed by atoms with Gasteiger partial charge in [-0.05, 0) is 50.2 Å². The van der Waals surface area contributed by atoms with Crippen molar-refractivity contribution in [3.05, 3.63) is 0 Å². The fourth-order valence-corrected chi connectivity index (χ4v) is 6.47. The van der Waals surface area contributed by atoms with Crippen molar-refractivity contribution in [2.45, 2.75) is 173 Å². The van der Waals surface area contributed by atoms with Gasteiger partial charge in [-0.1, -0.05) is 91.9 Å². The Balaban J connectivity index is 1.79. The maximum absolute atomic E-state index is 9.41. The van der Waals surface area contributed by atoms with Crippen LogP contribution in [0.4, 0.5) is 0 Å². The van der Waals surface area contributed by atoms with Crippen LogP contribution in [-0.4, -0.2) is 50.6 Å². The van der Waals surface area contributed by atoms with Gasteiger partial charge in [0.1, 0.15) is 0 Å². The molecule has 0 aromatic carbocycles. The SMILES string of the molecule is CCCCCCCCCCCC[C@H](O[Si](C)(C)C(C)(C)C)[C@H]1CC[C@H]([C@H]2CC[C@@H](CO)O2)O1.